The number of anilines is 2. The topological polar surface area (TPSA) is 151 Å². The number of piperidine rings is 1. The number of aromatic nitrogens is 4. The summed E-state index contributed by atoms with van der Waals surface area (Å²) in [6, 6.07) is 0.0593. The molecule has 0 saturated carbocycles. The number of rotatable bonds is 8. The third-order valence-electron chi connectivity index (χ3n) is 5.18. The molecule has 166 valence electrons. The van der Waals surface area contributed by atoms with Gasteiger partial charge in [-0.2, -0.15) is 15.1 Å². The van der Waals surface area contributed by atoms with Crippen molar-refractivity contribution in [3.63, 3.8) is 0 Å². The van der Waals surface area contributed by atoms with E-state index < -0.39 is 0 Å². The highest BCUT2D eigenvalue weighted by molar-refractivity contribution is 5.90. The maximum Gasteiger partial charge on any atom is 0.246 e. The van der Waals surface area contributed by atoms with E-state index in [0.29, 0.717) is 41.4 Å². The highest BCUT2D eigenvalue weighted by atomic mass is 16.2. The number of carbonyl (C=O) groups is 1. The van der Waals surface area contributed by atoms with Crippen LogP contribution >= 0.6 is 0 Å². The van der Waals surface area contributed by atoms with Crippen molar-refractivity contribution in [1.82, 2.24) is 25.1 Å². The average molecular weight is 426 g/mol. The van der Waals surface area contributed by atoms with Crippen molar-refractivity contribution in [3.05, 3.63) is 30.2 Å². The summed E-state index contributed by atoms with van der Waals surface area (Å²) < 4.78 is 0. The molecule has 10 heteroatoms. The van der Waals surface area contributed by atoms with Gasteiger partial charge in [0.1, 0.15) is 5.82 Å². The van der Waals surface area contributed by atoms with Crippen LogP contribution in [0.1, 0.15) is 38.8 Å². The number of nitrogen functional groups attached to an aromatic ring is 1. The summed E-state index contributed by atoms with van der Waals surface area (Å²) in [4.78, 5) is 27.2. The van der Waals surface area contributed by atoms with Gasteiger partial charge in [-0.05, 0) is 31.3 Å². The number of H-pyrrole nitrogens is 1. The molecule has 0 radical (unpaired) electrons. The number of hydrogen-bond donors (Lipinski definition) is 4. The lowest BCUT2D eigenvalue weighted by Crippen LogP contribution is -2.44. The Morgan fingerprint density at radius 1 is 1.42 bits per heavy atom. The van der Waals surface area contributed by atoms with E-state index in [1.54, 1.807) is 6.21 Å². The maximum atomic E-state index is 12.2. The molecule has 1 atom stereocenters. The summed E-state index contributed by atoms with van der Waals surface area (Å²) in [5.41, 5.74) is 13.8. The second-order valence-corrected chi connectivity index (χ2v) is 8.06. The SMILES string of the molecule is C=CC(=O)N1CCCCC1Cc1[nH]nc2nc(NC(C=NCC(C)C)=CN)nc(N)c12. The zero-order valence-corrected chi connectivity index (χ0v) is 18.1. The fraction of sp³-hybridized carbons (Fsp3) is 0.476. The molecule has 2 aromatic rings. The summed E-state index contributed by atoms with van der Waals surface area (Å²) in [6.45, 7) is 9.21. The highest BCUT2D eigenvalue weighted by Gasteiger charge is 2.27. The zero-order chi connectivity index (χ0) is 22.4. The normalized spacial score (nSPS) is 17.6. The molecule has 31 heavy (non-hydrogen) atoms. The van der Waals surface area contributed by atoms with Crippen LogP contribution in [0, 0.1) is 5.92 Å². The van der Waals surface area contributed by atoms with E-state index in [1.165, 1.54) is 12.3 Å². The molecule has 3 heterocycles. The first-order chi connectivity index (χ1) is 14.9. The number of likely N-dealkylation sites (tertiary alicyclic amines) is 1. The van der Waals surface area contributed by atoms with Gasteiger partial charge in [-0.25, -0.2) is 0 Å². The number of nitrogens with two attached hydrogens (primary N) is 2. The molecule has 1 amide bonds. The minimum atomic E-state index is -0.0514. The Morgan fingerprint density at radius 3 is 2.94 bits per heavy atom. The second kappa shape index (κ2) is 10.1. The van der Waals surface area contributed by atoms with Crippen molar-refractivity contribution >= 4 is 34.9 Å². The summed E-state index contributed by atoms with van der Waals surface area (Å²) in [5, 5.41) is 11.0. The molecule has 1 unspecified atom stereocenters. The number of carbonyl (C=O) groups excluding carboxylic acids is 1. The Labute approximate surface area is 181 Å². The molecule has 1 fully saturated rings. The van der Waals surface area contributed by atoms with Gasteiger partial charge in [-0.15, -0.1) is 0 Å². The van der Waals surface area contributed by atoms with E-state index >= 15 is 0 Å². The molecule has 1 aliphatic rings. The molecule has 6 N–H and O–H groups in total. The van der Waals surface area contributed by atoms with Crippen LogP contribution < -0.4 is 16.8 Å². The lowest BCUT2D eigenvalue weighted by molar-refractivity contribution is -0.129. The molecular weight excluding hydrogens is 394 g/mol. The molecule has 1 aliphatic heterocycles. The number of nitrogens with zero attached hydrogens (tertiary/aromatic N) is 5. The minimum absolute atomic E-state index is 0.0514. The van der Waals surface area contributed by atoms with Crippen molar-refractivity contribution in [2.45, 2.75) is 45.6 Å². The first kappa shape index (κ1) is 22.3. The standard InChI is InChI=1S/C21H31N9O/c1-4-17(31)30-8-6-5-7-15(30)9-16-18-19(23)26-21(27-20(18)29-28-16)25-14(10-22)12-24-11-13(2)3/h4,10,12-13,15H,1,5-9,11,22H2,2-3H3,(H4,23,25,26,27,28,29). The first-order valence-corrected chi connectivity index (χ1v) is 10.5. The van der Waals surface area contributed by atoms with Gasteiger partial charge in [0.25, 0.3) is 0 Å². The number of fused-ring (bicyclic) bond motifs is 1. The van der Waals surface area contributed by atoms with E-state index in [2.05, 4.69) is 50.9 Å². The van der Waals surface area contributed by atoms with Crippen molar-refractivity contribution in [2.24, 2.45) is 16.6 Å². The van der Waals surface area contributed by atoms with Gasteiger partial charge in [-0.3, -0.25) is 14.9 Å². The number of aromatic amines is 1. The van der Waals surface area contributed by atoms with Crippen LogP contribution in [0.4, 0.5) is 11.8 Å². The summed E-state index contributed by atoms with van der Waals surface area (Å²) in [5.74, 6) is 0.994. The van der Waals surface area contributed by atoms with Gasteiger partial charge >= 0.3 is 0 Å². The predicted octanol–water partition coefficient (Wildman–Crippen LogP) is 1.98. The third kappa shape index (κ3) is 5.39. The molecule has 0 spiro atoms. The monoisotopic (exact) mass is 425 g/mol. The Hall–Kier alpha value is -3.43. The van der Waals surface area contributed by atoms with Crippen molar-refractivity contribution in [1.29, 1.82) is 0 Å². The molecule has 1 saturated heterocycles. The Morgan fingerprint density at radius 2 is 2.23 bits per heavy atom. The highest BCUT2D eigenvalue weighted by Crippen LogP contribution is 2.27. The lowest BCUT2D eigenvalue weighted by Gasteiger charge is -2.35. The molecule has 2 aromatic heterocycles. The van der Waals surface area contributed by atoms with Crippen LogP contribution in [0.15, 0.2) is 29.5 Å². The lowest BCUT2D eigenvalue weighted by atomic mass is 9.97. The number of allylic oxidation sites excluding steroid dienone is 1. The van der Waals surface area contributed by atoms with Crippen molar-refractivity contribution in [2.75, 3.05) is 24.1 Å². The Kier molecular flexibility index (Phi) is 7.22. The van der Waals surface area contributed by atoms with Crippen LogP contribution in [-0.2, 0) is 11.2 Å². The molecule has 0 bridgehead atoms. The van der Waals surface area contributed by atoms with E-state index in [-0.39, 0.29) is 17.9 Å². The summed E-state index contributed by atoms with van der Waals surface area (Å²) in [7, 11) is 0. The fourth-order valence-corrected chi connectivity index (χ4v) is 3.68. The van der Waals surface area contributed by atoms with Crippen LogP contribution in [0.25, 0.3) is 11.0 Å². The number of amides is 1. The van der Waals surface area contributed by atoms with E-state index in [1.807, 2.05) is 4.90 Å². The predicted molar refractivity (Wildman–Crippen MR) is 123 cm³/mol. The molecular formula is C21H31N9O. The minimum Gasteiger partial charge on any atom is -0.403 e. The number of nitrogens with one attached hydrogen (secondary N) is 2. The smallest absolute Gasteiger partial charge is 0.246 e. The molecule has 0 aromatic carbocycles. The fourth-order valence-electron chi connectivity index (χ4n) is 3.68. The van der Waals surface area contributed by atoms with Crippen LogP contribution in [0.3, 0.4) is 0 Å². The van der Waals surface area contributed by atoms with Crippen molar-refractivity contribution in [3.8, 4) is 0 Å². The van der Waals surface area contributed by atoms with E-state index in [4.69, 9.17) is 11.5 Å². The van der Waals surface area contributed by atoms with Gasteiger partial charge in [0.05, 0.1) is 16.8 Å². The van der Waals surface area contributed by atoms with E-state index in [9.17, 15) is 4.79 Å². The van der Waals surface area contributed by atoms with Gasteiger partial charge < -0.3 is 21.7 Å². The van der Waals surface area contributed by atoms with Gasteiger partial charge in [0, 0.05) is 38.0 Å². The third-order valence-corrected chi connectivity index (χ3v) is 5.18. The molecule has 0 aliphatic carbocycles. The van der Waals surface area contributed by atoms with Crippen LogP contribution in [0.5, 0.6) is 0 Å². The van der Waals surface area contributed by atoms with Gasteiger partial charge in [0.2, 0.25) is 11.9 Å². The number of aliphatic imine (C=N–C) groups is 1. The van der Waals surface area contributed by atoms with Crippen LogP contribution in [0.2, 0.25) is 0 Å². The largest absolute Gasteiger partial charge is 0.403 e. The Balaban J connectivity index is 1.80. The van der Waals surface area contributed by atoms with E-state index in [0.717, 1.165) is 31.5 Å². The Bertz CT molecular complexity index is 992. The zero-order valence-electron chi connectivity index (χ0n) is 18.1. The summed E-state index contributed by atoms with van der Waals surface area (Å²) >= 11 is 0. The maximum absolute atomic E-state index is 12.2. The molecule has 3 rings (SSSR count). The van der Waals surface area contributed by atoms with Gasteiger partial charge in [-0.1, -0.05) is 20.4 Å². The first-order valence-electron chi connectivity index (χ1n) is 10.5. The number of hydrogen-bond acceptors (Lipinski definition) is 8. The average Bonchev–Trinajstić information content (AvgIpc) is 3.15. The second-order valence-electron chi connectivity index (χ2n) is 8.06. The van der Waals surface area contributed by atoms with Crippen molar-refractivity contribution < 1.29 is 4.79 Å². The molecule has 10 nitrogen and oxygen atoms in total. The van der Waals surface area contributed by atoms with Gasteiger partial charge in [0.15, 0.2) is 5.65 Å². The summed E-state index contributed by atoms with van der Waals surface area (Å²) in [6.07, 6.45) is 8.01. The quantitative estimate of drug-likeness (QED) is 0.373. The van der Waals surface area contributed by atoms with Crippen LogP contribution in [-0.4, -0.2) is 56.3 Å².